The Morgan fingerprint density at radius 2 is 2.00 bits per heavy atom. The van der Waals surface area contributed by atoms with Gasteiger partial charge in [0.2, 0.25) is 0 Å². The van der Waals surface area contributed by atoms with Gasteiger partial charge < -0.3 is 5.32 Å². The van der Waals surface area contributed by atoms with E-state index in [2.05, 4.69) is 11.7 Å². The van der Waals surface area contributed by atoms with E-state index < -0.39 is 0 Å². The molecule has 1 aliphatic heterocycles. The molecule has 0 aliphatic carbocycles. The summed E-state index contributed by atoms with van der Waals surface area (Å²) in [6.45, 7) is 2.01. The van der Waals surface area contributed by atoms with Crippen LogP contribution in [0.15, 0.2) is 24.3 Å². The molecule has 2 rings (SSSR count). The Morgan fingerprint density at radius 3 is 2.62 bits per heavy atom. The zero-order valence-electron chi connectivity index (χ0n) is 7.46. The molecular weight excluding hydrogens is 165 g/mol. The summed E-state index contributed by atoms with van der Waals surface area (Å²) < 4.78 is 12.6. The molecule has 0 spiro atoms. The van der Waals surface area contributed by atoms with Gasteiger partial charge in [0.1, 0.15) is 5.82 Å². The van der Waals surface area contributed by atoms with Crippen molar-refractivity contribution in [3.05, 3.63) is 42.1 Å². The summed E-state index contributed by atoms with van der Waals surface area (Å²) in [5, 5.41) is 3.27. The number of nitrogens with one attached hydrogen (secondary N) is 1. The SMILES string of the molecule is Fc1ccc(C2[CH]CNCC2)cc1. The maximum Gasteiger partial charge on any atom is 0.123 e. The molecular formula is C11H13FN. The Morgan fingerprint density at radius 1 is 1.23 bits per heavy atom. The van der Waals surface area contributed by atoms with E-state index in [0.717, 1.165) is 19.5 Å². The third-order valence-corrected chi connectivity index (χ3v) is 2.48. The van der Waals surface area contributed by atoms with Crippen LogP contribution in [0.4, 0.5) is 4.39 Å². The van der Waals surface area contributed by atoms with Gasteiger partial charge in [-0.25, -0.2) is 4.39 Å². The Kier molecular flexibility index (Phi) is 2.60. The molecule has 1 atom stereocenters. The summed E-state index contributed by atoms with van der Waals surface area (Å²) in [7, 11) is 0. The fourth-order valence-corrected chi connectivity index (χ4v) is 1.72. The predicted molar refractivity (Wildman–Crippen MR) is 50.9 cm³/mol. The standard InChI is InChI=1S/C11H13FN/c12-11-3-1-9(2-4-11)10-5-7-13-8-6-10/h1-5,10,13H,6-8H2. The van der Waals surface area contributed by atoms with Gasteiger partial charge in [-0.1, -0.05) is 12.1 Å². The second kappa shape index (κ2) is 3.88. The average molecular weight is 178 g/mol. The first-order valence-corrected chi connectivity index (χ1v) is 4.66. The smallest absolute Gasteiger partial charge is 0.123 e. The first kappa shape index (κ1) is 8.70. The number of benzene rings is 1. The van der Waals surface area contributed by atoms with Crippen molar-refractivity contribution in [2.75, 3.05) is 13.1 Å². The average Bonchev–Trinajstić information content (AvgIpc) is 2.20. The third kappa shape index (κ3) is 2.07. The molecule has 2 heteroatoms. The van der Waals surface area contributed by atoms with Crippen LogP contribution in [0, 0.1) is 12.2 Å². The normalized spacial score (nSPS) is 18.8. The zero-order valence-corrected chi connectivity index (χ0v) is 7.46. The van der Waals surface area contributed by atoms with E-state index in [9.17, 15) is 4.39 Å². The lowest BCUT2D eigenvalue weighted by Crippen LogP contribution is -2.27. The molecule has 1 heterocycles. The van der Waals surface area contributed by atoms with Gasteiger partial charge in [-0.2, -0.15) is 0 Å². The largest absolute Gasteiger partial charge is 0.316 e. The number of piperidine rings is 1. The first-order chi connectivity index (χ1) is 6.36. The molecule has 1 aromatic carbocycles. The molecule has 1 unspecified atom stereocenters. The molecule has 0 aromatic heterocycles. The molecule has 0 amide bonds. The molecule has 13 heavy (non-hydrogen) atoms. The van der Waals surface area contributed by atoms with Gasteiger partial charge in [-0.05, 0) is 49.5 Å². The second-order valence-corrected chi connectivity index (χ2v) is 3.39. The van der Waals surface area contributed by atoms with Crippen molar-refractivity contribution >= 4 is 0 Å². The fraction of sp³-hybridized carbons (Fsp3) is 0.364. The van der Waals surface area contributed by atoms with Crippen molar-refractivity contribution in [3.8, 4) is 0 Å². The number of hydrogen-bond donors (Lipinski definition) is 1. The van der Waals surface area contributed by atoms with Crippen LogP contribution in [0.5, 0.6) is 0 Å². The molecule has 0 saturated carbocycles. The fourth-order valence-electron chi connectivity index (χ4n) is 1.72. The third-order valence-electron chi connectivity index (χ3n) is 2.48. The minimum Gasteiger partial charge on any atom is -0.316 e. The lowest BCUT2D eigenvalue weighted by molar-refractivity contribution is 0.546. The van der Waals surface area contributed by atoms with Crippen LogP contribution in [0.3, 0.4) is 0 Å². The quantitative estimate of drug-likeness (QED) is 0.694. The van der Waals surface area contributed by atoms with Gasteiger partial charge in [0.25, 0.3) is 0 Å². The Hall–Kier alpha value is -0.890. The second-order valence-electron chi connectivity index (χ2n) is 3.39. The minimum atomic E-state index is -0.155. The van der Waals surface area contributed by atoms with Crippen molar-refractivity contribution in [3.63, 3.8) is 0 Å². The van der Waals surface area contributed by atoms with E-state index in [1.807, 2.05) is 12.1 Å². The van der Waals surface area contributed by atoms with Crippen LogP contribution < -0.4 is 5.32 Å². The lowest BCUT2D eigenvalue weighted by Gasteiger charge is -2.22. The summed E-state index contributed by atoms with van der Waals surface area (Å²) in [6.07, 6.45) is 3.36. The summed E-state index contributed by atoms with van der Waals surface area (Å²) >= 11 is 0. The molecule has 1 radical (unpaired) electrons. The highest BCUT2D eigenvalue weighted by Crippen LogP contribution is 2.23. The predicted octanol–water partition coefficient (Wildman–Crippen LogP) is 2.11. The van der Waals surface area contributed by atoms with Crippen LogP contribution in [0.25, 0.3) is 0 Å². The maximum absolute atomic E-state index is 12.6. The number of halogens is 1. The van der Waals surface area contributed by atoms with Crippen LogP contribution in [0.2, 0.25) is 0 Å². The van der Waals surface area contributed by atoms with Gasteiger partial charge >= 0.3 is 0 Å². The Labute approximate surface area is 78.0 Å². The van der Waals surface area contributed by atoms with Crippen LogP contribution in [-0.2, 0) is 0 Å². The summed E-state index contributed by atoms with van der Waals surface area (Å²) in [5.74, 6) is 0.347. The van der Waals surface area contributed by atoms with Crippen LogP contribution in [-0.4, -0.2) is 13.1 Å². The summed E-state index contributed by atoms with van der Waals surface area (Å²) in [5.41, 5.74) is 1.22. The van der Waals surface area contributed by atoms with E-state index in [4.69, 9.17) is 0 Å². The van der Waals surface area contributed by atoms with Gasteiger partial charge in [-0.15, -0.1) is 0 Å². The molecule has 1 N–H and O–H groups in total. The van der Waals surface area contributed by atoms with Gasteiger partial charge in [0.15, 0.2) is 0 Å². The van der Waals surface area contributed by atoms with Crippen LogP contribution in [0.1, 0.15) is 17.9 Å². The highest BCUT2D eigenvalue weighted by atomic mass is 19.1. The van der Waals surface area contributed by atoms with Crippen molar-refractivity contribution in [2.45, 2.75) is 12.3 Å². The van der Waals surface area contributed by atoms with Gasteiger partial charge in [0, 0.05) is 0 Å². The summed E-state index contributed by atoms with van der Waals surface area (Å²) in [6, 6.07) is 6.82. The highest BCUT2D eigenvalue weighted by molar-refractivity contribution is 5.23. The molecule has 1 fully saturated rings. The number of hydrogen-bond acceptors (Lipinski definition) is 1. The topological polar surface area (TPSA) is 12.0 Å². The highest BCUT2D eigenvalue weighted by Gasteiger charge is 2.14. The molecule has 1 aliphatic rings. The van der Waals surface area contributed by atoms with Crippen LogP contribution >= 0.6 is 0 Å². The van der Waals surface area contributed by atoms with E-state index in [1.54, 1.807) is 0 Å². The molecule has 1 aromatic rings. The van der Waals surface area contributed by atoms with E-state index >= 15 is 0 Å². The zero-order chi connectivity index (χ0) is 9.10. The number of rotatable bonds is 1. The first-order valence-electron chi connectivity index (χ1n) is 4.66. The van der Waals surface area contributed by atoms with Crippen molar-refractivity contribution < 1.29 is 4.39 Å². The molecule has 0 bridgehead atoms. The lowest BCUT2D eigenvalue weighted by atomic mass is 9.90. The molecule has 69 valence electrons. The maximum atomic E-state index is 12.6. The monoisotopic (exact) mass is 178 g/mol. The van der Waals surface area contributed by atoms with Gasteiger partial charge in [-0.3, -0.25) is 0 Å². The Bertz CT molecular complexity index is 262. The minimum absolute atomic E-state index is 0.155. The van der Waals surface area contributed by atoms with E-state index in [0.29, 0.717) is 5.92 Å². The van der Waals surface area contributed by atoms with Crippen molar-refractivity contribution in [1.29, 1.82) is 0 Å². The van der Waals surface area contributed by atoms with Crippen molar-refractivity contribution in [2.24, 2.45) is 0 Å². The Balaban J connectivity index is 2.10. The summed E-state index contributed by atoms with van der Waals surface area (Å²) in [4.78, 5) is 0. The van der Waals surface area contributed by atoms with E-state index in [1.165, 1.54) is 17.7 Å². The molecule has 1 nitrogen and oxygen atoms in total. The van der Waals surface area contributed by atoms with Crippen molar-refractivity contribution in [1.82, 2.24) is 5.32 Å². The van der Waals surface area contributed by atoms with Gasteiger partial charge in [0.05, 0.1) is 0 Å². The molecule has 1 saturated heterocycles. The van der Waals surface area contributed by atoms with E-state index in [-0.39, 0.29) is 5.82 Å².